The van der Waals surface area contributed by atoms with Gasteiger partial charge in [0.05, 0.1) is 17.1 Å². The molecule has 0 unspecified atom stereocenters. The van der Waals surface area contributed by atoms with E-state index >= 15 is 0 Å². The van der Waals surface area contributed by atoms with Gasteiger partial charge in [-0.25, -0.2) is 0 Å². The van der Waals surface area contributed by atoms with Gasteiger partial charge in [0.25, 0.3) is 0 Å². The predicted molar refractivity (Wildman–Crippen MR) is 116 cm³/mol. The maximum Gasteiger partial charge on any atom is 0.416 e. The molecule has 0 aliphatic heterocycles. The topological polar surface area (TPSA) is 79.5 Å². The van der Waals surface area contributed by atoms with Gasteiger partial charge in [-0.1, -0.05) is 47.5 Å². The van der Waals surface area contributed by atoms with Gasteiger partial charge in [0, 0.05) is 17.7 Å². The second kappa shape index (κ2) is 9.79. The van der Waals surface area contributed by atoms with Gasteiger partial charge in [0.2, 0.25) is 5.82 Å². The number of carbonyl (C=O) groups is 1. The Morgan fingerprint density at radius 1 is 1.33 bits per heavy atom. The van der Waals surface area contributed by atoms with Crippen LogP contribution in [0.15, 0.2) is 47.5 Å². The summed E-state index contributed by atoms with van der Waals surface area (Å²) in [6.45, 7) is 4.95. The van der Waals surface area contributed by atoms with Crippen LogP contribution >= 0.6 is 11.6 Å². The van der Waals surface area contributed by atoms with Crippen molar-refractivity contribution in [1.29, 1.82) is 0 Å². The Morgan fingerprint density at radius 3 is 2.76 bits per heavy atom. The van der Waals surface area contributed by atoms with Gasteiger partial charge < -0.3 is 14.5 Å². The van der Waals surface area contributed by atoms with E-state index in [0.717, 1.165) is 12.1 Å². The number of phenolic OH excluding ortho intramolecular Hbond substituents is 1. The van der Waals surface area contributed by atoms with Gasteiger partial charge in [-0.2, -0.15) is 18.2 Å². The Hall–Kier alpha value is -3.77. The van der Waals surface area contributed by atoms with E-state index in [4.69, 9.17) is 16.1 Å². The summed E-state index contributed by atoms with van der Waals surface area (Å²) in [5, 5.41) is 13.7. The van der Waals surface area contributed by atoms with Gasteiger partial charge in [0.1, 0.15) is 5.75 Å². The summed E-state index contributed by atoms with van der Waals surface area (Å²) in [6.07, 6.45) is -3.12. The summed E-state index contributed by atoms with van der Waals surface area (Å²) in [5.74, 6) is 4.14. The van der Waals surface area contributed by atoms with Gasteiger partial charge in [-0.15, -0.1) is 5.92 Å². The zero-order valence-electron chi connectivity index (χ0n) is 17.3. The largest absolute Gasteiger partial charge is 0.506 e. The SMILES string of the molecule is C=Cc1cc(-c2noc(C(=O)N(CC#CC)Cc3cccc(C(F)(F)F)c3)n2)cc(Cl)c1O. The van der Waals surface area contributed by atoms with Crippen LogP contribution < -0.4 is 0 Å². The van der Waals surface area contributed by atoms with E-state index < -0.39 is 17.6 Å². The number of amides is 1. The zero-order valence-corrected chi connectivity index (χ0v) is 18.0. The number of hydrogen-bond acceptors (Lipinski definition) is 5. The quantitative estimate of drug-likeness (QED) is 0.481. The molecule has 0 bridgehead atoms. The lowest BCUT2D eigenvalue weighted by molar-refractivity contribution is -0.137. The molecule has 0 radical (unpaired) electrons. The third-order valence-electron chi connectivity index (χ3n) is 4.54. The van der Waals surface area contributed by atoms with E-state index in [-0.39, 0.29) is 41.1 Å². The average Bonchev–Trinajstić information content (AvgIpc) is 3.28. The van der Waals surface area contributed by atoms with Crippen molar-refractivity contribution in [2.24, 2.45) is 0 Å². The summed E-state index contributed by atoms with van der Waals surface area (Å²) in [6, 6.07) is 7.56. The molecule has 0 saturated carbocycles. The first-order valence-corrected chi connectivity index (χ1v) is 9.86. The number of halogens is 4. The Balaban J connectivity index is 1.90. The van der Waals surface area contributed by atoms with Crippen LogP contribution in [0, 0.1) is 11.8 Å². The van der Waals surface area contributed by atoms with Crippen molar-refractivity contribution in [1.82, 2.24) is 15.0 Å². The number of rotatable bonds is 6. The Labute approximate surface area is 192 Å². The van der Waals surface area contributed by atoms with E-state index in [1.165, 1.54) is 35.2 Å². The van der Waals surface area contributed by atoms with Gasteiger partial charge in [-0.05, 0) is 36.8 Å². The summed E-state index contributed by atoms with van der Waals surface area (Å²) < 4.78 is 44.2. The number of nitrogens with zero attached hydrogens (tertiary/aromatic N) is 3. The van der Waals surface area contributed by atoms with E-state index in [1.807, 2.05) is 0 Å². The third kappa shape index (κ3) is 5.54. The molecule has 6 nitrogen and oxygen atoms in total. The molecule has 1 heterocycles. The molecule has 1 aromatic heterocycles. The molecule has 1 amide bonds. The van der Waals surface area contributed by atoms with Crippen molar-refractivity contribution in [3.05, 3.63) is 70.6 Å². The lowest BCUT2D eigenvalue weighted by Crippen LogP contribution is -2.31. The summed E-state index contributed by atoms with van der Waals surface area (Å²) in [7, 11) is 0. The minimum Gasteiger partial charge on any atom is -0.506 e. The second-order valence-corrected chi connectivity index (χ2v) is 7.22. The molecule has 0 saturated heterocycles. The summed E-state index contributed by atoms with van der Waals surface area (Å²) >= 11 is 6.01. The number of phenols is 1. The number of alkyl halides is 3. The highest BCUT2D eigenvalue weighted by Gasteiger charge is 2.31. The Bertz CT molecular complexity index is 1260. The minimum absolute atomic E-state index is 0.0314. The summed E-state index contributed by atoms with van der Waals surface area (Å²) in [4.78, 5) is 18.3. The third-order valence-corrected chi connectivity index (χ3v) is 4.83. The van der Waals surface area contributed by atoms with Gasteiger partial charge in [-0.3, -0.25) is 4.79 Å². The van der Waals surface area contributed by atoms with Crippen LogP contribution in [0.25, 0.3) is 17.5 Å². The van der Waals surface area contributed by atoms with Crippen LogP contribution in [0.2, 0.25) is 5.02 Å². The highest BCUT2D eigenvalue weighted by Crippen LogP contribution is 2.33. The van der Waals surface area contributed by atoms with Crippen LogP contribution in [0.5, 0.6) is 5.75 Å². The number of benzene rings is 2. The first-order chi connectivity index (χ1) is 15.6. The molecule has 0 fully saturated rings. The lowest BCUT2D eigenvalue weighted by atomic mass is 10.1. The standard InChI is InChI=1S/C23H17ClF3N3O3/c1-3-5-9-30(13-14-7-6-8-17(10-14)23(25,26)27)22(32)21-28-20(29-33-21)16-11-15(4-2)19(31)18(24)12-16/h4,6-8,10-12,31H,2,9,13H2,1H3. The monoisotopic (exact) mass is 475 g/mol. The first kappa shape index (κ1) is 23.9. The van der Waals surface area contributed by atoms with E-state index in [1.54, 1.807) is 6.92 Å². The molecule has 0 spiro atoms. The molecular weight excluding hydrogens is 459 g/mol. The molecule has 1 N–H and O–H groups in total. The number of hydrogen-bond donors (Lipinski definition) is 1. The molecule has 170 valence electrons. The fraction of sp³-hybridized carbons (Fsp3) is 0.174. The maximum absolute atomic E-state index is 13.0. The van der Waals surface area contributed by atoms with Crippen molar-refractivity contribution in [2.75, 3.05) is 6.54 Å². The smallest absolute Gasteiger partial charge is 0.416 e. The average molecular weight is 476 g/mol. The van der Waals surface area contributed by atoms with Crippen molar-refractivity contribution < 1.29 is 27.6 Å². The molecule has 0 aliphatic rings. The lowest BCUT2D eigenvalue weighted by Gasteiger charge is -2.19. The Kier molecular flexibility index (Phi) is 7.09. The van der Waals surface area contributed by atoms with Crippen LogP contribution in [0.1, 0.15) is 34.3 Å². The number of carbonyl (C=O) groups excluding carboxylic acids is 1. The molecule has 2 aromatic carbocycles. The fourth-order valence-electron chi connectivity index (χ4n) is 2.91. The maximum atomic E-state index is 13.0. The molecule has 3 aromatic rings. The van der Waals surface area contributed by atoms with Gasteiger partial charge in [0.15, 0.2) is 0 Å². The molecule has 0 aliphatic carbocycles. The molecular formula is C23H17ClF3N3O3. The van der Waals surface area contributed by atoms with E-state index in [9.17, 15) is 23.1 Å². The van der Waals surface area contributed by atoms with Crippen LogP contribution in [-0.4, -0.2) is 32.6 Å². The van der Waals surface area contributed by atoms with Gasteiger partial charge >= 0.3 is 18.0 Å². The highest BCUT2D eigenvalue weighted by molar-refractivity contribution is 6.32. The molecule has 0 atom stereocenters. The fourth-order valence-corrected chi connectivity index (χ4v) is 3.13. The molecule has 33 heavy (non-hydrogen) atoms. The molecule has 3 rings (SSSR count). The zero-order chi connectivity index (χ0) is 24.2. The normalized spacial score (nSPS) is 10.9. The van der Waals surface area contributed by atoms with E-state index in [0.29, 0.717) is 11.1 Å². The summed E-state index contributed by atoms with van der Waals surface area (Å²) in [5.41, 5.74) is 0.140. The van der Waals surface area contributed by atoms with Crippen molar-refractivity contribution in [3.8, 4) is 29.0 Å². The van der Waals surface area contributed by atoms with Crippen LogP contribution in [0.4, 0.5) is 13.2 Å². The minimum atomic E-state index is -4.51. The molecule has 10 heteroatoms. The van der Waals surface area contributed by atoms with Crippen molar-refractivity contribution in [3.63, 3.8) is 0 Å². The van der Waals surface area contributed by atoms with Crippen LogP contribution in [0.3, 0.4) is 0 Å². The highest BCUT2D eigenvalue weighted by atomic mass is 35.5. The second-order valence-electron chi connectivity index (χ2n) is 6.81. The van der Waals surface area contributed by atoms with Crippen molar-refractivity contribution in [2.45, 2.75) is 19.6 Å². The number of aromatic hydroxyl groups is 1. The Morgan fingerprint density at radius 2 is 2.09 bits per heavy atom. The number of aromatic nitrogens is 2. The first-order valence-electron chi connectivity index (χ1n) is 9.48. The van der Waals surface area contributed by atoms with Crippen LogP contribution in [-0.2, 0) is 12.7 Å². The van der Waals surface area contributed by atoms with Crippen molar-refractivity contribution >= 4 is 23.6 Å². The predicted octanol–water partition coefficient (Wildman–Crippen LogP) is 5.42. The van der Waals surface area contributed by atoms with E-state index in [2.05, 4.69) is 28.6 Å².